The minimum Gasteiger partial charge on any atom is -0.504 e. The summed E-state index contributed by atoms with van der Waals surface area (Å²) < 4.78 is 0. The van der Waals surface area contributed by atoms with Crippen molar-refractivity contribution in [3.63, 3.8) is 0 Å². The van der Waals surface area contributed by atoms with Crippen molar-refractivity contribution >= 4 is 87.0 Å². The molecule has 268 valence electrons. The van der Waals surface area contributed by atoms with E-state index in [9.17, 15) is 44.4 Å². The minimum atomic E-state index is -1.78. The van der Waals surface area contributed by atoms with E-state index in [-0.39, 0.29) is 38.4 Å². The number of nitrogen functional groups attached to an aromatic ring is 1. The Morgan fingerprint density at radius 1 is 1.16 bits per heavy atom. The lowest BCUT2D eigenvalue weighted by Crippen LogP contribution is -2.71. The predicted molar refractivity (Wildman–Crippen MR) is 186 cm³/mol. The van der Waals surface area contributed by atoms with Crippen LogP contribution in [0.5, 0.6) is 11.5 Å². The summed E-state index contributed by atoms with van der Waals surface area (Å²) in [6, 6.07) is 1.30. The van der Waals surface area contributed by atoms with Gasteiger partial charge in [-0.05, 0) is 57.2 Å². The third kappa shape index (κ3) is 7.74. The Balaban J connectivity index is 1.18. The first-order valence-electron chi connectivity index (χ1n) is 15.1. The van der Waals surface area contributed by atoms with E-state index >= 15 is 0 Å². The number of fused-ring (bicyclic) bond motifs is 1. The summed E-state index contributed by atoms with van der Waals surface area (Å²) in [5.74, 6) is -4.89. The second-order valence-corrected chi connectivity index (χ2v) is 15.8. The number of oxime groups is 1. The van der Waals surface area contributed by atoms with Gasteiger partial charge in [0, 0.05) is 28.2 Å². The van der Waals surface area contributed by atoms with Crippen molar-refractivity contribution in [2.24, 2.45) is 5.16 Å². The maximum atomic E-state index is 13.3. The number of carbonyl (C=O) groups excluding carboxylic acids is 3. The SMILES string of the molecule is CC(C)(O/N=C(\C(=O)N[C@@H]1C(=O)N2C(C(=O)O)=C(CSC3CCC(NC(=O)c4ccc(O)c(O)c4Cl)CC3)CS[C@H]12)c1csc(N)n1)C(=O)O. The van der Waals surface area contributed by atoms with Crippen LogP contribution >= 0.6 is 46.5 Å². The third-order valence-electron chi connectivity index (χ3n) is 8.24. The van der Waals surface area contributed by atoms with Crippen LogP contribution in [0, 0.1) is 0 Å². The largest absolute Gasteiger partial charge is 0.504 e. The molecular weight excluding hydrogens is 736 g/mol. The normalized spacial score (nSPS) is 22.3. The van der Waals surface area contributed by atoms with E-state index in [2.05, 4.69) is 20.8 Å². The van der Waals surface area contributed by atoms with E-state index in [0.717, 1.165) is 29.1 Å². The lowest BCUT2D eigenvalue weighted by molar-refractivity contribution is -0.161. The highest BCUT2D eigenvalue weighted by molar-refractivity contribution is 8.01. The molecule has 1 saturated heterocycles. The van der Waals surface area contributed by atoms with Crippen LogP contribution in [0.1, 0.15) is 55.6 Å². The molecule has 3 amide bonds. The number of amides is 3. The van der Waals surface area contributed by atoms with Crippen LogP contribution in [0.4, 0.5) is 5.13 Å². The average Bonchev–Trinajstić information content (AvgIpc) is 3.50. The third-order valence-corrected chi connectivity index (χ3v) is 12.1. The number of anilines is 1. The molecule has 1 aliphatic carbocycles. The zero-order valence-electron chi connectivity index (χ0n) is 26.5. The quantitative estimate of drug-likeness (QED) is 0.0710. The Hall–Kier alpha value is -4.20. The molecule has 50 heavy (non-hydrogen) atoms. The molecular formula is C30H33ClN6O10S3. The fraction of sp³-hybridized carbons (Fsp3) is 0.433. The molecule has 2 atom stereocenters. The predicted octanol–water partition coefficient (Wildman–Crippen LogP) is 2.59. The number of carbonyl (C=O) groups is 5. The van der Waals surface area contributed by atoms with Gasteiger partial charge in [-0.3, -0.25) is 19.3 Å². The molecule has 0 bridgehead atoms. The molecule has 2 aromatic rings. The number of nitrogens with zero attached hydrogens (tertiary/aromatic N) is 3. The molecule has 2 fully saturated rings. The van der Waals surface area contributed by atoms with E-state index in [1.165, 1.54) is 43.1 Å². The molecule has 0 radical (unpaired) electrons. The standard InChI is InChI=1S/C30H33ClN6O10S3/c1-30(2,28(45)46)47-36-19(16-11-50-29(32)34-16)24(41)35-20-25(42)37-21(27(43)44)12(10-49-26(20)37)9-48-14-5-3-13(4-6-14)33-23(40)15-7-8-17(38)22(39)18(15)31/h7-8,11,13-14,20,26,38-39H,3-6,9-10H2,1-2H3,(H2,32,34)(H,33,40)(H,35,41)(H,43,44)(H,45,46)/b36-19-/t13?,14?,20-,26-/m1/s1. The maximum absolute atomic E-state index is 13.3. The van der Waals surface area contributed by atoms with Crippen molar-refractivity contribution in [1.29, 1.82) is 0 Å². The number of halogens is 1. The number of β-lactam (4-membered cyclic amide) rings is 1. The number of carboxylic acid groups (broad SMARTS) is 2. The van der Waals surface area contributed by atoms with Crippen LogP contribution in [0.3, 0.4) is 0 Å². The van der Waals surface area contributed by atoms with Crippen molar-refractivity contribution in [3.05, 3.63) is 45.1 Å². The monoisotopic (exact) mass is 768 g/mol. The molecule has 16 nitrogen and oxygen atoms in total. The van der Waals surface area contributed by atoms with Gasteiger partial charge in [0.25, 0.3) is 17.7 Å². The lowest BCUT2D eigenvalue weighted by atomic mass is 9.94. The second-order valence-electron chi connectivity index (χ2n) is 12.1. The number of benzene rings is 1. The van der Waals surface area contributed by atoms with Gasteiger partial charge in [-0.2, -0.15) is 11.8 Å². The Kier molecular flexibility index (Phi) is 11.1. The number of nitrogens with one attached hydrogen (secondary N) is 2. The van der Waals surface area contributed by atoms with Gasteiger partial charge >= 0.3 is 11.9 Å². The highest BCUT2D eigenvalue weighted by Gasteiger charge is 2.54. The number of aromatic nitrogens is 1. The zero-order chi connectivity index (χ0) is 36.5. The molecule has 20 heteroatoms. The maximum Gasteiger partial charge on any atom is 0.352 e. The lowest BCUT2D eigenvalue weighted by Gasteiger charge is -2.49. The first-order chi connectivity index (χ1) is 23.6. The summed E-state index contributed by atoms with van der Waals surface area (Å²) in [6.07, 6.45) is 2.81. The van der Waals surface area contributed by atoms with Gasteiger partial charge < -0.3 is 41.6 Å². The van der Waals surface area contributed by atoms with Crippen molar-refractivity contribution in [3.8, 4) is 11.5 Å². The topological polar surface area (TPSA) is 254 Å². The highest BCUT2D eigenvalue weighted by Crippen LogP contribution is 2.42. The molecule has 8 N–H and O–H groups in total. The number of aliphatic carboxylic acids is 2. The number of hydrogen-bond donors (Lipinski definition) is 7. The van der Waals surface area contributed by atoms with E-state index < -0.39 is 63.9 Å². The fourth-order valence-corrected chi connectivity index (χ4v) is 8.94. The minimum absolute atomic E-state index is 0.00925. The first-order valence-corrected chi connectivity index (χ1v) is 18.5. The number of phenols is 2. The molecule has 0 unspecified atom stereocenters. The number of carboxylic acids is 2. The smallest absolute Gasteiger partial charge is 0.352 e. The molecule has 0 spiro atoms. The van der Waals surface area contributed by atoms with Crippen LogP contribution in [-0.4, -0.2) is 105 Å². The van der Waals surface area contributed by atoms with Crippen molar-refractivity contribution < 1.29 is 49.2 Å². The van der Waals surface area contributed by atoms with Gasteiger partial charge in [0.05, 0.1) is 10.6 Å². The van der Waals surface area contributed by atoms with E-state index in [0.29, 0.717) is 29.9 Å². The summed E-state index contributed by atoms with van der Waals surface area (Å²) in [7, 11) is 0. The van der Waals surface area contributed by atoms with Crippen LogP contribution in [-0.2, 0) is 24.0 Å². The molecule has 5 rings (SSSR count). The molecule has 2 aliphatic heterocycles. The van der Waals surface area contributed by atoms with Crippen molar-refractivity contribution in [2.75, 3.05) is 17.2 Å². The van der Waals surface area contributed by atoms with Crippen LogP contribution in [0.25, 0.3) is 0 Å². The molecule has 1 saturated carbocycles. The average molecular weight is 769 g/mol. The van der Waals surface area contributed by atoms with Crippen LogP contribution < -0.4 is 16.4 Å². The highest BCUT2D eigenvalue weighted by atomic mass is 35.5. The number of thioether (sulfide) groups is 2. The van der Waals surface area contributed by atoms with Crippen molar-refractivity contribution in [1.82, 2.24) is 20.5 Å². The Morgan fingerprint density at radius 3 is 2.48 bits per heavy atom. The Bertz CT molecular complexity index is 1790. The van der Waals surface area contributed by atoms with Gasteiger partial charge in [-0.15, -0.1) is 23.1 Å². The van der Waals surface area contributed by atoms with E-state index in [1.807, 2.05) is 0 Å². The molecule has 1 aromatic carbocycles. The van der Waals surface area contributed by atoms with Gasteiger partial charge in [0.15, 0.2) is 22.3 Å². The van der Waals surface area contributed by atoms with Gasteiger partial charge in [0.2, 0.25) is 5.60 Å². The van der Waals surface area contributed by atoms with Crippen molar-refractivity contribution in [2.45, 2.75) is 67.8 Å². The van der Waals surface area contributed by atoms with Crippen LogP contribution in [0.15, 0.2) is 33.9 Å². The zero-order valence-corrected chi connectivity index (χ0v) is 29.7. The first kappa shape index (κ1) is 37.1. The summed E-state index contributed by atoms with van der Waals surface area (Å²) in [6.45, 7) is 2.48. The second kappa shape index (κ2) is 15.0. The summed E-state index contributed by atoms with van der Waals surface area (Å²) in [4.78, 5) is 73.5. The number of thiazole rings is 1. The summed E-state index contributed by atoms with van der Waals surface area (Å²) in [5, 5.41) is 48.9. The molecule has 3 aliphatic rings. The number of hydrogen-bond acceptors (Lipinski definition) is 14. The summed E-state index contributed by atoms with van der Waals surface area (Å²) in [5.41, 5.74) is 4.03. The van der Waals surface area contributed by atoms with E-state index in [4.69, 9.17) is 22.2 Å². The van der Waals surface area contributed by atoms with E-state index in [1.54, 1.807) is 11.8 Å². The number of nitrogens with two attached hydrogens (primary N) is 1. The van der Waals surface area contributed by atoms with Gasteiger partial charge in [-0.25, -0.2) is 14.6 Å². The molecule has 1 aromatic heterocycles. The molecule has 3 heterocycles. The number of aromatic hydroxyl groups is 2. The van der Waals surface area contributed by atoms with Crippen LogP contribution in [0.2, 0.25) is 5.02 Å². The van der Waals surface area contributed by atoms with Gasteiger partial charge in [-0.1, -0.05) is 16.8 Å². The fourth-order valence-electron chi connectivity index (χ4n) is 5.39. The Morgan fingerprint density at radius 2 is 1.86 bits per heavy atom. The number of phenolic OH excluding ortho intramolecular Hbond substituents is 2. The van der Waals surface area contributed by atoms with Gasteiger partial charge in [0.1, 0.15) is 22.8 Å². The Labute approximate surface area is 302 Å². The number of rotatable bonds is 12. The summed E-state index contributed by atoms with van der Waals surface area (Å²) >= 11 is 9.92.